The summed E-state index contributed by atoms with van der Waals surface area (Å²) in [5.74, 6) is 0.836. The lowest BCUT2D eigenvalue weighted by Gasteiger charge is -2.17. The standard InChI is InChI=1S/C15H15NOS/c1-11(17-12-7-3-2-4-8-12)13-9-5-6-10-14(13)15(16)18/h2-11H,1H3,(H2,16,18). The molecule has 2 N–H and O–H groups in total. The Balaban J connectivity index is 2.24. The normalized spacial score (nSPS) is 11.8. The smallest absolute Gasteiger partial charge is 0.122 e. The molecule has 0 fully saturated rings. The van der Waals surface area contributed by atoms with Gasteiger partial charge in [0.15, 0.2) is 0 Å². The van der Waals surface area contributed by atoms with Crippen molar-refractivity contribution in [2.24, 2.45) is 5.73 Å². The third kappa shape index (κ3) is 2.87. The summed E-state index contributed by atoms with van der Waals surface area (Å²) < 4.78 is 5.88. The highest BCUT2D eigenvalue weighted by molar-refractivity contribution is 7.80. The summed E-state index contributed by atoms with van der Waals surface area (Å²) in [5, 5.41) is 0. The van der Waals surface area contributed by atoms with Gasteiger partial charge in [0.05, 0.1) is 0 Å². The Labute approximate surface area is 112 Å². The first-order valence-corrected chi connectivity index (χ1v) is 6.19. The van der Waals surface area contributed by atoms with Gasteiger partial charge in [-0.1, -0.05) is 54.7 Å². The van der Waals surface area contributed by atoms with E-state index in [0.29, 0.717) is 4.99 Å². The SMILES string of the molecule is CC(Oc1ccccc1)c1ccccc1C(N)=S. The van der Waals surface area contributed by atoms with Gasteiger partial charge in [-0.15, -0.1) is 0 Å². The first-order chi connectivity index (χ1) is 8.68. The van der Waals surface area contributed by atoms with Gasteiger partial charge in [0.25, 0.3) is 0 Å². The molecule has 18 heavy (non-hydrogen) atoms. The van der Waals surface area contributed by atoms with Gasteiger partial charge in [0.1, 0.15) is 16.8 Å². The highest BCUT2D eigenvalue weighted by Crippen LogP contribution is 2.24. The number of hydrogen-bond donors (Lipinski definition) is 1. The summed E-state index contributed by atoms with van der Waals surface area (Å²) in [7, 11) is 0. The lowest BCUT2D eigenvalue weighted by molar-refractivity contribution is 0.227. The quantitative estimate of drug-likeness (QED) is 0.852. The van der Waals surface area contributed by atoms with Crippen molar-refractivity contribution in [1.82, 2.24) is 0 Å². The molecule has 2 rings (SSSR count). The van der Waals surface area contributed by atoms with Crippen molar-refractivity contribution in [2.75, 3.05) is 0 Å². The van der Waals surface area contributed by atoms with Gasteiger partial charge in [-0.2, -0.15) is 0 Å². The molecular formula is C15H15NOS. The van der Waals surface area contributed by atoms with Gasteiger partial charge < -0.3 is 10.5 Å². The number of thiocarbonyl (C=S) groups is 1. The van der Waals surface area contributed by atoms with Crippen molar-refractivity contribution < 1.29 is 4.74 Å². The van der Waals surface area contributed by atoms with E-state index in [4.69, 9.17) is 22.7 Å². The molecule has 0 saturated heterocycles. The molecule has 0 aliphatic carbocycles. The molecule has 0 bridgehead atoms. The topological polar surface area (TPSA) is 35.2 Å². The summed E-state index contributed by atoms with van der Waals surface area (Å²) in [6.07, 6.45) is -0.0925. The Kier molecular flexibility index (Phi) is 3.95. The third-order valence-electron chi connectivity index (χ3n) is 2.72. The van der Waals surface area contributed by atoms with Crippen LogP contribution in [0.2, 0.25) is 0 Å². The Hall–Kier alpha value is -1.87. The van der Waals surface area contributed by atoms with Crippen LogP contribution in [-0.4, -0.2) is 4.99 Å². The van der Waals surface area contributed by atoms with E-state index in [2.05, 4.69) is 0 Å². The number of ether oxygens (including phenoxy) is 1. The molecule has 0 aromatic heterocycles. The largest absolute Gasteiger partial charge is 0.486 e. The van der Waals surface area contributed by atoms with E-state index in [1.54, 1.807) is 0 Å². The minimum Gasteiger partial charge on any atom is -0.486 e. The van der Waals surface area contributed by atoms with Crippen LogP contribution in [0, 0.1) is 0 Å². The van der Waals surface area contributed by atoms with E-state index in [1.807, 2.05) is 61.5 Å². The average molecular weight is 257 g/mol. The number of nitrogens with two attached hydrogens (primary N) is 1. The monoisotopic (exact) mass is 257 g/mol. The lowest BCUT2D eigenvalue weighted by atomic mass is 10.0. The molecule has 3 heteroatoms. The number of benzene rings is 2. The summed E-state index contributed by atoms with van der Waals surface area (Å²) >= 11 is 5.06. The maximum atomic E-state index is 5.88. The molecule has 0 aliphatic rings. The van der Waals surface area contributed by atoms with E-state index in [-0.39, 0.29) is 6.10 Å². The molecule has 1 atom stereocenters. The van der Waals surface area contributed by atoms with Crippen molar-refractivity contribution in [1.29, 1.82) is 0 Å². The van der Waals surface area contributed by atoms with Crippen molar-refractivity contribution in [3.63, 3.8) is 0 Å². The predicted octanol–water partition coefficient (Wildman–Crippen LogP) is 3.46. The van der Waals surface area contributed by atoms with Crippen LogP contribution in [0.5, 0.6) is 5.75 Å². The van der Waals surface area contributed by atoms with E-state index in [1.165, 1.54) is 0 Å². The van der Waals surface area contributed by atoms with E-state index in [0.717, 1.165) is 16.9 Å². The molecule has 1 unspecified atom stereocenters. The Bertz CT molecular complexity index is 539. The summed E-state index contributed by atoms with van der Waals surface area (Å²) in [5.41, 5.74) is 7.60. The van der Waals surface area contributed by atoms with Gasteiger partial charge in [0, 0.05) is 11.1 Å². The molecule has 0 aliphatic heterocycles. The van der Waals surface area contributed by atoms with Crippen LogP contribution in [0.15, 0.2) is 54.6 Å². The summed E-state index contributed by atoms with van der Waals surface area (Å²) in [6, 6.07) is 17.5. The van der Waals surface area contributed by atoms with E-state index in [9.17, 15) is 0 Å². The Morgan fingerprint density at radius 3 is 2.33 bits per heavy atom. The fourth-order valence-electron chi connectivity index (χ4n) is 1.84. The fourth-order valence-corrected chi connectivity index (χ4v) is 2.03. The number of hydrogen-bond acceptors (Lipinski definition) is 2. The maximum absolute atomic E-state index is 5.88. The molecule has 0 amide bonds. The van der Waals surface area contributed by atoms with Gasteiger partial charge >= 0.3 is 0 Å². The first-order valence-electron chi connectivity index (χ1n) is 5.79. The minimum atomic E-state index is -0.0925. The lowest BCUT2D eigenvalue weighted by Crippen LogP contribution is -2.15. The second kappa shape index (κ2) is 5.65. The molecule has 0 heterocycles. The van der Waals surface area contributed by atoms with Crippen LogP contribution in [0.1, 0.15) is 24.2 Å². The van der Waals surface area contributed by atoms with Crippen LogP contribution in [0.3, 0.4) is 0 Å². The van der Waals surface area contributed by atoms with Crippen LogP contribution >= 0.6 is 12.2 Å². The van der Waals surface area contributed by atoms with Crippen molar-refractivity contribution in [2.45, 2.75) is 13.0 Å². The fraction of sp³-hybridized carbons (Fsp3) is 0.133. The molecule has 92 valence electrons. The van der Waals surface area contributed by atoms with Gasteiger partial charge in [-0.3, -0.25) is 0 Å². The zero-order valence-corrected chi connectivity index (χ0v) is 11.0. The average Bonchev–Trinajstić information content (AvgIpc) is 2.40. The molecule has 0 saturated carbocycles. The second-order valence-corrected chi connectivity index (χ2v) is 4.46. The van der Waals surface area contributed by atoms with Gasteiger partial charge in [-0.05, 0) is 19.1 Å². The van der Waals surface area contributed by atoms with Crippen LogP contribution < -0.4 is 10.5 Å². The van der Waals surface area contributed by atoms with Gasteiger partial charge in [-0.25, -0.2) is 0 Å². The number of rotatable bonds is 4. The summed E-state index contributed by atoms with van der Waals surface area (Å²) in [4.78, 5) is 0.397. The molecule has 2 aromatic rings. The zero-order chi connectivity index (χ0) is 13.0. The van der Waals surface area contributed by atoms with Crippen LogP contribution in [0.25, 0.3) is 0 Å². The van der Waals surface area contributed by atoms with Crippen molar-refractivity contribution in [3.8, 4) is 5.75 Å². The zero-order valence-electron chi connectivity index (χ0n) is 10.2. The third-order valence-corrected chi connectivity index (χ3v) is 2.94. The van der Waals surface area contributed by atoms with E-state index < -0.39 is 0 Å². The second-order valence-electron chi connectivity index (χ2n) is 4.02. The first kappa shape index (κ1) is 12.6. The maximum Gasteiger partial charge on any atom is 0.122 e. The van der Waals surface area contributed by atoms with Crippen LogP contribution in [-0.2, 0) is 0 Å². The van der Waals surface area contributed by atoms with E-state index >= 15 is 0 Å². The minimum absolute atomic E-state index is 0.0925. The molecule has 0 radical (unpaired) electrons. The highest BCUT2D eigenvalue weighted by Gasteiger charge is 2.12. The Morgan fingerprint density at radius 1 is 1.06 bits per heavy atom. The molecule has 2 nitrogen and oxygen atoms in total. The molecule has 2 aromatic carbocycles. The summed E-state index contributed by atoms with van der Waals surface area (Å²) in [6.45, 7) is 1.99. The Morgan fingerprint density at radius 2 is 1.67 bits per heavy atom. The predicted molar refractivity (Wildman–Crippen MR) is 77.8 cm³/mol. The van der Waals surface area contributed by atoms with Gasteiger partial charge in [0.2, 0.25) is 0 Å². The highest BCUT2D eigenvalue weighted by atomic mass is 32.1. The molecular weight excluding hydrogens is 242 g/mol. The number of para-hydroxylation sites is 1. The van der Waals surface area contributed by atoms with Crippen molar-refractivity contribution in [3.05, 3.63) is 65.7 Å². The molecule has 0 spiro atoms. The van der Waals surface area contributed by atoms with Crippen LogP contribution in [0.4, 0.5) is 0 Å². The van der Waals surface area contributed by atoms with Crippen molar-refractivity contribution >= 4 is 17.2 Å².